The summed E-state index contributed by atoms with van der Waals surface area (Å²) in [6.45, 7) is 1.81. The molecule has 164 valence electrons. The third-order valence-electron chi connectivity index (χ3n) is 5.36. The lowest BCUT2D eigenvalue weighted by atomic mass is 10.1. The summed E-state index contributed by atoms with van der Waals surface area (Å²) >= 11 is 12.9. The molecule has 0 atom stereocenters. The zero-order valence-electron chi connectivity index (χ0n) is 16.5. The number of rotatable bonds is 3. The summed E-state index contributed by atoms with van der Waals surface area (Å²) in [5.74, 6) is 0.113. The second-order valence-corrected chi connectivity index (χ2v) is 8.01. The molecule has 2 heterocycles. The van der Waals surface area contributed by atoms with E-state index in [9.17, 15) is 18.0 Å². The number of aryl methyl sites for hydroxylation is 1. The predicted molar refractivity (Wildman–Crippen MR) is 112 cm³/mol. The van der Waals surface area contributed by atoms with E-state index in [0.29, 0.717) is 48.2 Å². The zero-order chi connectivity index (χ0) is 22.3. The van der Waals surface area contributed by atoms with Crippen molar-refractivity contribution in [3.8, 4) is 0 Å². The molecule has 1 amide bonds. The van der Waals surface area contributed by atoms with Crippen molar-refractivity contribution in [2.24, 2.45) is 7.05 Å². The Labute approximate surface area is 186 Å². The molecule has 0 spiro atoms. The minimum atomic E-state index is -4.52. The summed E-state index contributed by atoms with van der Waals surface area (Å²) in [5.41, 5.74) is 0.130. The first-order chi connectivity index (χ1) is 14.7. The number of imidazole rings is 1. The Morgan fingerprint density at radius 1 is 1.16 bits per heavy atom. The maximum absolute atomic E-state index is 13.4. The first-order valence-electron chi connectivity index (χ1n) is 9.54. The van der Waals surface area contributed by atoms with Crippen LogP contribution in [0.25, 0.3) is 11.0 Å². The lowest BCUT2D eigenvalue weighted by Gasteiger charge is -2.27. The molecule has 1 aromatic heterocycles. The number of benzene rings is 2. The smallest absolute Gasteiger partial charge is 0.378 e. The number of hydrogen-bond donors (Lipinski definition) is 0. The number of fused-ring (bicyclic) bond motifs is 1. The van der Waals surface area contributed by atoms with Gasteiger partial charge in [0, 0.05) is 31.6 Å². The highest BCUT2D eigenvalue weighted by Crippen LogP contribution is 2.36. The Balaban J connectivity index is 1.74. The molecule has 0 bridgehead atoms. The summed E-state index contributed by atoms with van der Waals surface area (Å²) in [6, 6.07) is 7.05. The van der Waals surface area contributed by atoms with E-state index in [1.165, 1.54) is 6.07 Å². The molecule has 0 radical (unpaired) electrons. The maximum Gasteiger partial charge on any atom is 0.418 e. The molecule has 2 aromatic carbocycles. The van der Waals surface area contributed by atoms with Gasteiger partial charge in [-0.2, -0.15) is 13.2 Å². The highest BCUT2D eigenvalue weighted by atomic mass is 35.5. The van der Waals surface area contributed by atoms with Crippen LogP contribution >= 0.6 is 23.2 Å². The summed E-state index contributed by atoms with van der Waals surface area (Å²) in [7, 11) is 1.63. The van der Waals surface area contributed by atoms with Gasteiger partial charge in [0.1, 0.15) is 11.3 Å². The van der Waals surface area contributed by atoms with Crippen LogP contribution in [0.2, 0.25) is 10.0 Å². The largest absolute Gasteiger partial charge is 0.418 e. The van der Waals surface area contributed by atoms with E-state index in [-0.39, 0.29) is 28.4 Å². The lowest BCUT2D eigenvalue weighted by Crippen LogP contribution is -2.40. The average Bonchev–Trinajstić information content (AvgIpc) is 3.06. The number of alkyl halides is 3. The van der Waals surface area contributed by atoms with E-state index in [0.717, 1.165) is 6.07 Å². The van der Waals surface area contributed by atoms with E-state index in [4.69, 9.17) is 27.9 Å². The molecule has 1 saturated heterocycles. The maximum atomic E-state index is 13.4. The van der Waals surface area contributed by atoms with Crippen LogP contribution in [0.5, 0.6) is 0 Å². The van der Waals surface area contributed by atoms with Gasteiger partial charge in [0.15, 0.2) is 0 Å². The van der Waals surface area contributed by atoms with Crippen LogP contribution in [0.1, 0.15) is 27.3 Å². The van der Waals surface area contributed by atoms with E-state index in [2.05, 4.69) is 4.98 Å². The highest BCUT2D eigenvalue weighted by Gasteiger charge is 2.34. The second-order valence-electron chi connectivity index (χ2n) is 7.23. The van der Waals surface area contributed by atoms with Gasteiger partial charge in [0.25, 0.3) is 5.91 Å². The van der Waals surface area contributed by atoms with Gasteiger partial charge in [0.2, 0.25) is 0 Å². The fourth-order valence-electron chi connectivity index (χ4n) is 3.67. The minimum Gasteiger partial charge on any atom is -0.378 e. The van der Waals surface area contributed by atoms with Gasteiger partial charge in [-0.15, -0.1) is 0 Å². The van der Waals surface area contributed by atoms with Crippen molar-refractivity contribution in [3.05, 3.63) is 62.9 Å². The summed E-state index contributed by atoms with van der Waals surface area (Å²) in [5, 5.41) is 0.485. The molecule has 1 fully saturated rings. The average molecular weight is 472 g/mol. The zero-order valence-corrected chi connectivity index (χ0v) is 18.0. The van der Waals surface area contributed by atoms with Crippen LogP contribution in [-0.2, 0) is 24.4 Å². The van der Waals surface area contributed by atoms with Crippen LogP contribution < -0.4 is 0 Å². The van der Waals surface area contributed by atoms with Crippen LogP contribution in [-0.4, -0.2) is 46.7 Å². The Morgan fingerprint density at radius 3 is 2.55 bits per heavy atom. The normalized spacial score (nSPS) is 15.0. The predicted octanol–water partition coefficient (Wildman–Crippen LogP) is 4.96. The topological polar surface area (TPSA) is 47.4 Å². The molecule has 1 aliphatic heterocycles. The first kappa shape index (κ1) is 21.9. The van der Waals surface area contributed by atoms with Gasteiger partial charge in [0.05, 0.1) is 34.9 Å². The number of nitrogens with zero attached hydrogens (tertiary/aromatic N) is 3. The number of morpholine rings is 1. The first-order valence-corrected chi connectivity index (χ1v) is 10.3. The third-order valence-corrected chi connectivity index (χ3v) is 6.14. The number of halogens is 5. The number of carbonyl (C=O) groups excluding carboxylic acids is 1. The summed E-state index contributed by atoms with van der Waals surface area (Å²) < 4.78 is 47.0. The van der Waals surface area contributed by atoms with Crippen LogP contribution in [0.15, 0.2) is 30.3 Å². The molecule has 0 saturated carbocycles. The fourth-order valence-corrected chi connectivity index (χ4v) is 4.25. The van der Waals surface area contributed by atoms with Crippen molar-refractivity contribution in [3.63, 3.8) is 0 Å². The molecule has 0 aliphatic carbocycles. The van der Waals surface area contributed by atoms with E-state index >= 15 is 0 Å². The van der Waals surface area contributed by atoms with Gasteiger partial charge in [-0.05, 0) is 29.8 Å². The van der Waals surface area contributed by atoms with E-state index in [1.54, 1.807) is 34.7 Å². The number of hydrogen-bond acceptors (Lipinski definition) is 3. The molecule has 3 aromatic rings. The fraction of sp³-hybridized carbons (Fsp3) is 0.333. The standard InChI is InChI=1S/C21H18Cl2F3N3O2/c1-28-16-4-2-3-14(21(24,25)26)19(16)27-17(28)11-13-15(22)6-5-12(18(13)23)20(30)29-7-9-31-10-8-29/h2-6H,7-11H2,1H3. The van der Waals surface area contributed by atoms with Crippen LogP contribution in [0.4, 0.5) is 13.2 Å². The van der Waals surface area contributed by atoms with Gasteiger partial charge >= 0.3 is 6.18 Å². The molecule has 0 N–H and O–H groups in total. The van der Waals surface area contributed by atoms with Crippen molar-refractivity contribution in [2.45, 2.75) is 12.6 Å². The Hall–Kier alpha value is -2.29. The monoisotopic (exact) mass is 471 g/mol. The molecule has 5 nitrogen and oxygen atoms in total. The van der Waals surface area contributed by atoms with Crippen molar-refractivity contribution in [1.29, 1.82) is 0 Å². The van der Waals surface area contributed by atoms with Gasteiger partial charge < -0.3 is 14.2 Å². The van der Waals surface area contributed by atoms with Gasteiger partial charge in [-0.3, -0.25) is 4.79 Å². The van der Waals surface area contributed by atoms with E-state index in [1.807, 2.05) is 0 Å². The van der Waals surface area contributed by atoms with Crippen molar-refractivity contribution in [2.75, 3.05) is 26.3 Å². The molecule has 10 heteroatoms. The van der Waals surface area contributed by atoms with Crippen molar-refractivity contribution < 1.29 is 22.7 Å². The second kappa shape index (κ2) is 8.33. The molecular formula is C21H18Cl2F3N3O2. The quantitative estimate of drug-likeness (QED) is 0.542. The number of para-hydroxylation sites is 1. The third kappa shape index (κ3) is 4.12. The number of ether oxygens (including phenoxy) is 1. The SMILES string of the molecule is Cn1c(Cc2c(Cl)ccc(C(=O)N3CCOCC3)c2Cl)nc2c(C(F)(F)F)cccc21. The Morgan fingerprint density at radius 2 is 1.87 bits per heavy atom. The number of amides is 1. The Bertz CT molecular complexity index is 1150. The Kier molecular flexibility index (Phi) is 5.89. The molecular weight excluding hydrogens is 454 g/mol. The summed E-state index contributed by atoms with van der Waals surface area (Å²) in [4.78, 5) is 18.8. The minimum absolute atomic E-state index is 0.0738. The van der Waals surface area contributed by atoms with Gasteiger partial charge in [-0.1, -0.05) is 29.3 Å². The molecule has 1 aliphatic rings. The molecule has 4 rings (SSSR count). The number of aromatic nitrogens is 2. The molecule has 31 heavy (non-hydrogen) atoms. The van der Waals surface area contributed by atoms with E-state index < -0.39 is 11.7 Å². The van der Waals surface area contributed by atoms with Crippen molar-refractivity contribution >= 4 is 40.1 Å². The van der Waals surface area contributed by atoms with Gasteiger partial charge in [-0.25, -0.2) is 4.98 Å². The lowest BCUT2D eigenvalue weighted by molar-refractivity contribution is -0.136. The van der Waals surface area contributed by atoms with Crippen LogP contribution in [0, 0.1) is 0 Å². The van der Waals surface area contributed by atoms with Crippen LogP contribution in [0.3, 0.4) is 0 Å². The molecule has 0 unspecified atom stereocenters. The highest BCUT2D eigenvalue weighted by molar-refractivity contribution is 6.38. The number of carbonyl (C=O) groups is 1. The van der Waals surface area contributed by atoms with Crippen molar-refractivity contribution in [1.82, 2.24) is 14.5 Å². The summed E-state index contributed by atoms with van der Waals surface area (Å²) in [6.07, 6.45) is -4.45.